The molecule has 2 heterocycles. The van der Waals surface area contributed by atoms with Crippen molar-refractivity contribution in [3.05, 3.63) is 87.2 Å². The van der Waals surface area contributed by atoms with Crippen LogP contribution in [0.2, 0.25) is 5.02 Å². The summed E-state index contributed by atoms with van der Waals surface area (Å²) in [6, 6.07) is 6.99. The molecule has 0 bridgehead atoms. The van der Waals surface area contributed by atoms with E-state index in [0.717, 1.165) is 12.5 Å². The number of rotatable bonds is 9. The summed E-state index contributed by atoms with van der Waals surface area (Å²) < 4.78 is 35.3. The predicted molar refractivity (Wildman–Crippen MR) is 150 cm³/mol. The number of allylic oxidation sites excluding steroid dienone is 1. The Morgan fingerprint density at radius 1 is 1.25 bits per heavy atom. The Kier molecular flexibility index (Phi) is 8.26. The minimum Gasteiger partial charge on any atom is -0.491 e. The van der Waals surface area contributed by atoms with Crippen LogP contribution in [-0.2, 0) is 0 Å². The first-order chi connectivity index (χ1) is 19.1. The number of aryl methyl sites for hydroxylation is 1. The molecule has 3 atom stereocenters. The molecule has 5 rings (SSSR count). The number of benzene rings is 2. The van der Waals surface area contributed by atoms with Crippen LogP contribution in [0.4, 0.5) is 8.78 Å². The maximum Gasteiger partial charge on any atom is 0.256 e. The Morgan fingerprint density at radius 3 is 2.67 bits per heavy atom. The summed E-state index contributed by atoms with van der Waals surface area (Å²) in [6.07, 6.45) is 4.70. The van der Waals surface area contributed by atoms with Crippen molar-refractivity contribution in [2.24, 2.45) is 5.92 Å². The van der Waals surface area contributed by atoms with Crippen molar-refractivity contribution < 1.29 is 23.4 Å². The Morgan fingerprint density at radius 2 is 2.00 bits per heavy atom. The largest absolute Gasteiger partial charge is 0.491 e. The van der Waals surface area contributed by atoms with Crippen molar-refractivity contribution in [3.8, 4) is 5.75 Å². The molecule has 10 heteroatoms. The van der Waals surface area contributed by atoms with Crippen molar-refractivity contribution in [3.63, 3.8) is 0 Å². The van der Waals surface area contributed by atoms with Crippen molar-refractivity contribution in [2.75, 3.05) is 26.2 Å². The summed E-state index contributed by atoms with van der Waals surface area (Å²) in [5.74, 6) is -0.998. The lowest BCUT2D eigenvalue weighted by Gasteiger charge is -2.33. The molecular formula is C30H32ClF2N3O4. The van der Waals surface area contributed by atoms with Crippen molar-refractivity contribution in [2.45, 2.75) is 44.4 Å². The molecule has 0 spiro atoms. The molecule has 1 saturated heterocycles. The highest BCUT2D eigenvalue weighted by molar-refractivity contribution is 6.31. The van der Waals surface area contributed by atoms with Gasteiger partial charge >= 0.3 is 0 Å². The number of aliphatic hydroxyl groups is 1. The lowest BCUT2D eigenvalue weighted by atomic mass is 10.0. The summed E-state index contributed by atoms with van der Waals surface area (Å²) in [7, 11) is 0. The standard InChI is InChI=1S/C30H32ClF2N3O4/c1-3-18-10-27(18)36-15-23(29(38)22-12-26(33)24(31)13-28(22)36)30(39)34-19-6-8-35(9-7-19)14-20(37)16-40-21-5-4-17(2)25(32)11-21/h3-5,11-13,15,18-20,27,37H,1,6-10,14,16H2,2H3,(H,34,39)/t18?,20-,27?/m1/s1. The van der Waals surface area contributed by atoms with E-state index in [0.29, 0.717) is 49.3 Å². The zero-order valence-electron chi connectivity index (χ0n) is 22.2. The first kappa shape index (κ1) is 28.3. The minimum atomic E-state index is -0.762. The molecule has 2 aromatic carbocycles. The fraction of sp³-hybridized carbons (Fsp3) is 0.400. The molecule has 2 fully saturated rings. The molecule has 1 aliphatic heterocycles. The Bertz CT molecular complexity index is 1500. The summed E-state index contributed by atoms with van der Waals surface area (Å²) in [4.78, 5) is 28.5. The number of carbonyl (C=O) groups excluding carboxylic acids is 1. The summed E-state index contributed by atoms with van der Waals surface area (Å²) in [6.45, 7) is 7.19. The number of ether oxygens (including phenoxy) is 1. The average Bonchev–Trinajstić information content (AvgIpc) is 3.71. The van der Waals surface area contributed by atoms with Gasteiger partial charge in [0.15, 0.2) is 0 Å². The first-order valence-corrected chi connectivity index (χ1v) is 13.8. The molecule has 3 aromatic rings. The highest BCUT2D eigenvalue weighted by Gasteiger charge is 2.37. The number of aliphatic hydroxyl groups excluding tert-OH is 1. The SMILES string of the molecule is C=CC1CC1n1cc(C(=O)NC2CCN(C[C@@H](O)COc3ccc(C)c(F)c3)CC2)c(=O)c2cc(F)c(Cl)cc21. The van der Waals surface area contributed by atoms with Crippen LogP contribution < -0.4 is 15.5 Å². The molecule has 2 aliphatic rings. The van der Waals surface area contributed by atoms with E-state index in [1.165, 1.54) is 12.1 Å². The van der Waals surface area contributed by atoms with Gasteiger partial charge in [0, 0.05) is 49.4 Å². The monoisotopic (exact) mass is 571 g/mol. The van der Waals surface area contributed by atoms with Gasteiger partial charge in [0.25, 0.3) is 5.91 Å². The number of aromatic nitrogens is 1. The maximum atomic E-state index is 14.3. The van der Waals surface area contributed by atoms with Crippen LogP contribution in [0.1, 0.15) is 41.2 Å². The minimum absolute atomic E-state index is 0.0253. The molecule has 1 amide bonds. The first-order valence-electron chi connectivity index (χ1n) is 13.4. The van der Waals surface area contributed by atoms with Gasteiger partial charge in [-0.1, -0.05) is 23.7 Å². The smallest absolute Gasteiger partial charge is 0.256 e. The molecule has 1 aromatic heterocycles. The molecule has 7 nitrogen and oxygen atoms in total. The lowest BCUT2D eigenvalue weighted by molar-refractivity contribution is 0.0567. The third-order valence-corrected chi connectivity index (χ3v) is 8.05. The molecule has 1 saturated carbocycles. The van der Waals surface area contributed by atoms with Crippen LogP contribution in [0.3, 0.4) is 0 Å². The Hall–Kier alpha value is -3.27. The Balaban J connectivity index is 1.19. The van der Waals surface area contributed by atoms with Gasteiger partial charge in [0.05, 0.1) is 10.5 Å². The van der Waals surface area contributed by atoms with Crippen LogP contribution in [-0.4, -0.2) is 58.9 Å². The van der Waals surface area contributed by atoms with E-state index in [4.69, 9.17) is 16.3 Å². The number of nitrogens with one attached hydrogen (secondary N) is 1. The van der Waals surface area contributed by atoms with E-state index in [1.54, 1.807) is 25.3 Å². The topological polar surface area (TPSA) is 83.8 Å². The predicted octanol–water partition coefficient (Wildman–Crippen LogP) is 4.62. The molecule has 212 valence electrons. The summed E-state index contributed by atoms with van der Waals surface area (Å²) in [5.41, 5.74) is 0.443. The van der Waals surface area contributed by atoms with Gasteiger partial charge in [0.2, 0.25) is 5.43 Å². The van der Waals surface area contributed by atoms with Crippen LogP contribution in [0.15, 0.2) is 54.0 Å². The highest BCUT2D eigenvalue weighted by atomic mass is 35.5. The number of piperidine rings is 1. The quantitative estimate of drug-likeness (QED) is 0.366. The number of halogens is 3. The number of β-amino-alcohol motifs (C(OH)–C–C–N with tert-alkyl or cyclic N) is 1. The fourth-order valence-electron chi connectivity index (χ4n) is 5.28. The van der Waals surface area contributed by atoms with Gasteiger partial charge in [-0.15, -0.1) is 6.58 Å². The Labute approximate surface area is 236 Å². The third kappa shape index (κ3) is 6.06. The third-order valence-electron chi connectivity index (χ3n) is 7.76. The summed E-state index contributed by atoms with van der Waals surface area (Å²) in [5, 5.41) is 13.4. The molecule has 0 radical (unpaired) electrons. The summed E-state index contributed by atoms with van der Waals surface area (Å²) >= 11 is 6.01. The van der Waals surface area contributed by atoms with E-state index in [2.05, 4.69) is 16.8 Å². The van der Waals surface area contributed by atoms with Gasteiger partial charge in [-0.3, -0.25) is 9.59 Å². The van der Waals surface area contributed by atoms with Gasteiger partial charge in [-0.05, 0) is 55.9 Å². The number of hydrogen-bond acceptors (Lipinski definition) is 5. The lowest BCUT2D eigenvalue weighted by Crippen LogP contribution is -2.47. The van der Waals surface area contributed by atoms with E-state index in [9.17, 15) is 23.5 Å². The van der Waals surface area contributed by atoms with Gasteiger partial charge in [0.1, 0.15) is 35.7 Å². The van der Waals surface area contributed by atoms with Crippen molar-refractivity contribution in [1.29, 1.82) is 0 Å². The zero-order chi connectivity index (χ0) is 28.6. The van der Waals surface area contributed by atoms with Crippen molar-refractivity contribution in [1.82, 2.24) is 14.8 Å². The normalized spacial score (nSPS) is 20.3. The second-order valence-corrected chi connectivity index (χ2v) is 11.1. The van der Waals surface area contributed by atoms with Gasteiger partial charge < -0.3 is 24.6 Å². The molecule has 2 N–H and O–H groups in total. The van der Waals surface area contributed by atoms with Crippen LogP contribution >= 0.6 is 11.6 Å². The molecule has 2 unspecified atom stereocenters. The highest BCUT2D eigenvalue weighted by Crippen LogP contribution is 2.45. The van der Waals surface area contributed by atoms with E-state index in [-0.39, 0.29) is 46.4 Å². The number of hydrogen-bond donors (Lipinski definition) is 2. The molecule has 1 aliphatic carbocycles. The number of likely N-dealkylation sites (tertiary alicyclic amines) is 1. The second-order valence-electron chi connectivity index (χ2n) is 10.7. The molecule has 40 heavy (non-hydrogen) atoms. The van der Waals surface area contributed by atoms with Gasteiger partial charge in [-0.25, -0.2) is 8.78 Å². The van der Waals surface area contributed by atoms with Gasteiger partial charge in [-0.2, -0.15) is 0 Å². The zero-order valence-corrected chi connectivity index (χ0v) is 23.0. The second kappa shape index (κ2) is 11.7. The van der Waals surface area contributed by atoms with E-state index < -0.39 is 23.3 Å². The van der Waals surface area contributed by atoms with E-state index in [1.807, 2.05) is 10.6 Å². The van der Waals surface area contributed by atoms with Crippen LogP contribution in [0, 0.1) is 24.5 Å². The fourth-order valence-corrected chi connectivity index (χ4v) is 5.44. The average molecular weight is 572 g/mol. The van der Waals surface area contributed by atoms with Crippen molar-refractivity contribution >= 4 is 28.4 Å². The maximum absolute atomic E-state index is 14.3. The number of amides is 1. The number of fused-ring (bicyclic) bond motifs is 1. The molecular weight excluding hydrogens is 540 g/mol. The number of pyridine rings is 1. The van der Waals surface area contributed by atoms with E-state index >= 15 is 0 Å². The van der Waals surface area contributed by atoms with Crippen LogP contribution in [0.25, 0.3) is 10.9 Å². The van der Waals surface area contributed by atoms with Crippen LogP contribution in [0.5, 0.6) is 5.75 Å². The number of nitrogens with zero attached hydrogens (tertiary/aromatic N) is 2. The number of carbonyl (C=O) groups is 1.